The monoisotopic (exact) mass is 110 g/mol. The van der Waals surface area contributed by atoms with Crippen LogP contribution in [0.3, 0.4) is 0 Å². The quantitative estimate of drug-likeness (QED) is 0.493. The first-order valence-corrected chi connectivity index (χ1v) is 1.86. The first-order chi connectivity index (χ1) is 2.81. The van der Waals surface area contributed by atoms with Crippen LogP contribution in [-0.4, -0.2) is 11.7 Å². The fourth-order valence-electron chi connectivity index (χ4n) is 0.0244. The summed E-state index contributed by atoms with van der Waals surface area (Å²) in [5, 5.41) is 0. The molecule has 0 rings (SSSR count). The molecule has 0 aromatic rings. The van der Waals surface area contributed by atoms with Crippen LogP contribution in [-0.2, 0) is 9.74 Å². The van der Waals surface area contributed by atoms with Crippen molar-refractivity contribution in [1.82, 2.24) is 0 Å². The van der Waals surface area contributed by atoms with E-state index in [1.165, 1.54) is 0 Å². The number of carbonyl (C=O) groups excluding carboxylic acids is 1. The van der Waals surface area contributed by atoms with E-state index in [0.29, 0.717) is 0 Å². The Labute approximate surface area is 39.6 Å². The Morgan fingerprint density at radius 2 is 2.50 bits per heavy atom. The molecule has 6 heavy (non-hydrogen) atoms. The second-order valence-electron chi connectivity index (χ2n) is 0.607. The highest BCUT2D eigenvalue weighted by atomic mass is 32.1. The molecule has 0 radical (unpaired) electrons. The van der Waals surface area contributed by atoms with Crippen molar-refractivity contribution in [2.75, 3.05) is 5.75 Å². The van der Waals surface area contributed by atoms with E-state index in [0.717, 1.165) is 0 Å². The Morgan fingerprint density at radius 1 is 2.00 bits per heavy atom. The van der Waals surface area contributed by atoms with E-state index < -0.39 is 5.97 Å². The molecule has 0 unspecified atom stereocenters. The molecule has 0 heterocycles. The van der Waals surface area contributed by atoms with E-state index in [2.05, 4.69) is 17.6 Å². The average Bonchev–Trinajstić information content (AvgIpc) is 1.65. The molecule has 0 aromatic carbocycles. The molecule has 0 N–H and O–H groups in total. The van der Waals surface area contributed by atoms with Crippen LogP contribution in [0.2, 0.25) is 0 Å². The summed E-state index contributed by atoms with van der Waals surface area (Å²) in [6, 6.07) is 0. The number of thiol groups is 1. The van der Waals surface area contributed by atoms with Crippen LogP contribution in [0.5, 0.6) is 0 Å². The van der Waals surface area contributed by atoms with Gasteiger partial charge in [-0.05, 0) is 0 Å². The molecule has 0 saturated carbocycles. The molecule has 0 aliphatic rings. The van der Waals surface area contributed by atoms with Gasteiger partial charge in [-0.3, -0.25) is 4.94 Å². The summed E-state index contributed by atoms with van der Waals surface area (Å²) in [6.45, 7) is 0. The Bertz CT molecular complexity index is 49.5. The largest absolute Gasteiger partial charge is 0.358 e. The van der Waals surface area contributed by atoms with Gasteiger partial charge in [0.2, 0.25) is 0 Å². The van der Waals surface area contributed by atoms with Crippen LogP contribution in [0, 0.1) is 0 Å². The molecule has 0 bridgehead atoms. The predicted molar refractivity (Wildman–Crippen MR) is 21.1 cm³/mol. The number of halogens is 1. The van der Waals surface area contributed by atoms with Gasteiger partial charge in [-0.15, -0.1) is 0 Å². The van der Waals surface area contributed by atoms with Crippen molar-refractivity contribution >= 4 is 18.6 Å². The molecular weight excluding hydrogens is 107 g/mol. The molecule has 0 fully saturated rings. The molecule has 0 aromatic heterocycles. The number of carbonyl (C=O) groups is 1. The summed E-state index contributed by atoms with van der Waals surface area (Å²) >= 11 is 3.38. The van der Waals surface area contributed by atoms with E-state index in [-0.39, 0.29) is 5.75 Å². The first kappa shape index (κ1) is 5.75. The zero-order valence-electron chi connectivity index (χ0n) is 2.85. The van der Waals surface area contributed by atoms with E-state index in [1.807, 2.05) is 0 Å². The highest BCUT2D eigenvalue weighted by Gasteiger charge is 1.93. The zero-order chi connectivity index (χ0) is 4.99. The third-order valence-electron chi connectivity index (χ3n) is 0.215. The average molecular weight is 110 g/mol. The Hall–Kier alpha value is -0.250. The lowest BCUT2D eigenvalue weighted by Gasteiger charge is -1.78. The van der Waals surface area contributed by atoms with Crippen LogP contribution in [0.15, 0.2) is 0 Å². The normalized spacial score (nSPS) is 7.67. The molecule has 4 heteroatoms. The van der Waals surface area contributed by atoms with Crippen molar-refractivity contribution in [2.24, 2.45) is 0 Å². The Kier molecular flexibility index (Phi) is 2.84. The third-order valence-corrected chi connectivity index (χ3v) is 0.473. The van der Waals surface area contributed by atoms with Crippen LogP contribution in [0.4, 0.5) is 4.53 Å². The maximum atomic E-state index is 10.5. The Balaban J connectivity index is 2.99. The van der Waals surface area contributed by atoms with Gasteiger partial charge in [0.15, 0.2) is 0 Å². The van der Waals surface area contributed by atoms with Crippen LogP contribution in [0.25, 0.3) is 0 Å². The summed E-state index contributed by atoms with van der Waals surface area (Å²) < 4.78 is 10.5. The maximum absolute atomic E-state index is 10.5. The van der Waals surface area contributed by atoms with Crippen LogP contribution >= 0.6 is 12.6 Å². The van der Waals surface area contributed by atoms with Gasteiger partial charge < -0.3 is 0 Å². The zero-order valence-corrected chi connectivity index (χ0v) is 3.74. The van der Waals surface area contributed by atoms with E-state index >= 15 is 0 Å². The van der Waals surface area contributed by atoms with E-state index in [9.17, 15) is 9.32 Å². The topological polar surface area (TPSA) is 26.3 Å². The van der Waals surface area contributed by atoms with E-state index in [1.54, 1.807) is 0 Å². The van der Waals surface area contributed by atoms with Crippen molar-refractivity contribution in [3.8, 4) is 0 Å². The van der Waals surface area contributed by atoms with Crippen molar-refractivity contribution in [1.29, 1.82) is 0 Å². The molecule has 2 nitrogen and oxygen atoms in total. The lowest BCUT2D eigenvalue weighted by atomic mass is 10.8. The van der Waals surface area contributed by atoms with E-state index in [4.69, 9.17) is 0 Å². The van der Waals surface area contributed by atoms with Gasteiger partial charge in [0.25, 0.3) is 0 Å². The number of hydrogen-bond donors (Lipinski definition) is 1. The molecule has 0 saturated heterocycles. The lowest BCUT2D eigenvalue weighted by Crippen LogP contribution is -1.96. The molecular formula is C2H3FO2S. The predicted octanol–water partition coefficient (Wildman–Crippen LogP) is 0.344. The summed E-state index contributed by atoms with van der Waals surface area (Å²) in [5.74, 6) is -1.17. The lowest BCUT2D eigenvalue weighted by molar-refractivity contribution is -0.179. The first-order valence-electron chi connectivity index (χ1n) is 1.23. The van der Waals surface area contributed by atoms with Crippen LogP contribution < -0.4 is 0 Å². The maximum Gasteiger partial charge on any atom is 0.358 e. The molecule has 0 aliphatic heterocycles. The van der Waals surface area contributed by atoms with Crippen LogP contribution in [0.1, 0.15) is 0 Å². The minimum absolute atomic E-state index is 0.212. The van der Waals surface area contributed by atoms with Crippen molar-refractivity contribution in [2.45, 2.75) is 0 Å². The van der Waals surface area contributed by atoms with Gasteiger partial charge in [0, 0.05) is 4.53 Å². The van der Waals surface area contributed by atoms with Gasteiger partial charge in [-0.25, -0.2) is 4.79 Å². The van der Waals surface area contributed by atoms with Gasteiger partial charge in [-0.2, -0.15) is 12.6 Å². The third kappa shape index (κ3) is 2.02. The summed E-state index contributed by atoms with van der Waals surface area (Å²) in [7, 11) is 0. The van der Waals surface area contributed by atoms with Crippen molar-refractivity contribution in [3.63, 3.8) is 0 Å². The molecule has 0 amide bonds. The highest BCUT2D eigenvalue weighted by Crippen LogP contribution is 1.78. The smallest absolute Gasteiger partial charge is 0.254 e. The minimum atomic E-state index is -0.960. The van der Waals surface area contributed by atoms with Gasteiger partial charge >= 0.3 is 5.97 Å². The fraction of sp³-hybridized carbons (Fsp3) is 0.500. The second-order valence-corrected chi connectivity index (χ2v) is 0.924. The molecule has 0 spiro atoms. The standard InChI is InChI=1S/C2H3FO2S/c3-5-2(4)1-6/h6H,1H2. The summed E-state index contributed by atoms with van der Waals surface area (Å²) in [4.78, 5) is 12.2. The molecule has 36 valence electrons. The second kappa shape index (κ2) is 2.96. The molecule has 0 aliphatic carbocycles. The van der Waals surface area contributed by atoms with Gasteiger partial charge in [0.05, 0.1) is 5.75 Å². The highest BCUT2D eigenvalue weighted by molar-refractivity contribution is 7.81. The van der Waals surface area contributed by atoms with Gasteiger partial charge in [-0.1, -0.05) is 0 Å². The molecule has 0 atom stereocenters. The SMILES string of the molecule is O=C(CS)OF. The fourth-order valence-corrected chi connectivity index (χ4v) is 0.0732. The van der Waals surface area contributed by atoms with Crippen molar-refractivity contribution in [3.05, 3.63) is 0 Å². The summed E-state index contributed by atoms with van der Waals surface area (Å²) in [5.41, 5.74) is 0. The number of rotatable bonds is 1. The van der Waals surface area contributed by atoms with Crippen molar-refractivity contribution < 1.29 is 14.3 Å². The Morgan fingerprint density at radius 3 is 2.50 bits per heavy atom. The summed E-state index contributed by atoms with van der Waals surface area (Å²) in [6.07, 6.45) is 0. The van der Waals surface area contributed by atoms with Gasteiger partial charge in [0.1, 0.15) is 0 Å². The minimum Gasteiger partial charge on any atom is -0.254 e. The number of hydrogen-bond acceptors (Lipinski definition) is 3.